The Morgan fingerprint density at radius 2 is 1.66 bits per heavy atom. The minimum atomic E-state index is -4.04. The number of amides is 1. The van der Waals surface area contributed by atoms with Crippen LogP contribution in [0, 0.1) is 0 Å². The molecule has 1 aliphatic heterocycles. The normalized spacial score (nSPS) is 15.0. The molecule has 0 saturated carbocycles. The predicted molar refractivity (Wildman–Crippen MR) is 114 cm³/mol. The summed E-state index contributed by atoms with van der Waals surface area (Å²) in [5.74, 6) is 0.178. The average molecular weight is 416 g/mol. The molecule has 0 aromatic heterocycles. The van der Waals surface area contributed by atoms with Crippen molar-refractivity contribution < 1.29 is 22.7 Å². The third-order valence-electron chi connectivity index (χ3n) is 5.03. The standard InChI is InChI=1S/C21H24N2O5S/c1-6-14-7-9-15(10-8-14)22-21(24)20-13(2)16-11-18(27-4)19(28-5)12-17(16)23(3)29(20,25)26/h7-12H,6H2,1-5H3,(H,22,24). The largest absolute Gasteiger partial charge is 0.493 e. The number of rotatable bonds is 5. The van der Waals surface area contributed by atoms with Gasteiger partial charge in [0, 0.05) is 24.4 Å². The van der Waals surface area contributed by atoms with Crippen molar-refractivity contribution >= 4 is 32.9 Å². The van der Waals surface area contributed by atoms with E-state index in [0.717, 1.165) is 16.3 Å². The molecule has 1 N–H and O–H groups in total. The Balaban J connectivity index is 2.10. The number of fused-ring (bicyclic) bond motifs is 1. The lowest BCUT2D eigenvalue weighted by Gasteiger charge is -2.30. The summed E-state index contributed by atoms with van der Waals surface area (Å²) in [5.41, 5.74) is 3.01. The average Bonchev–Trinajstić information content (AvgIpc) is 2.71. The number of nitrogens with one attached hydrogen (secondary N) is 1. The third-order valence-corrected chi connectivity index (χ3v) is 6.96. The van der Waals surface area contributed by atoms with Gasteiger partial charge in [0.2, 0.25) is 0 Å². The monoisotopic (exact) mass is 416 g/mol. The van der Waals surface area contributed by atoms with E-state index in [-0.39, 0.29) is 4.91 Å². The van der Waals surface area contributed by atoms with Gasteiger partial charge >= 0.3 is 0 Å². The van der Waals surface area contributed by atoms with Crippen molar-refractivity contribution in [3.05, 3.63) is 52.4 Å². The zero-order chi connectivity index (χ0) is 21.3. The van der Waals surface area contributed by atoms with Crippen LogP contribution in [0.3, 0.4) is 0 Å². The van der Waals surface area contributed by atoms with E-state index < -0.39 is 15.9 Å². The first-order valence-electron chi connectivity index (χ1n) is 9.11. The fourth-order valence-corrected chi connectivity index (χ4v) is 4.78. The number of aryl methyl sites for hydroxylation is 1. The van der Waals surface area contributed by atoms with E-state index in [4.69, 9.17) is 9.47 Å². The van der Waals surface area contributed by atoms with Crippen LogP contribution in [0.5, 0.6) is 11.5 Å². The molecule has 2 aromatic carbocycles. The lowest BCUT2D eigenvalue weighted by atomic mass is 10.0. The highest BCUT2D eigenvalue weighted by molar-refractivity contribution is 7.97. The van der Waals surface area contributed by atoms with E-state index >= 15 is 0 Å². The van der Waals surface area contributed by atoms with E-state index in [2.05, 4.69) is 5.32 Å². The van der Waals surface area contributed by atoms with Gasteiger partial charge in [-0.2, -0.15) is 0 Å². The number of nitrogens with zero attached hydrogens (tertiary/aromatic N) is 1. The highest BCUT2D eigenvalue weighted by Crippen LogP contribution is 2.44. The maximum absolute atomic E-state index is 13.1. The number of methoxy groups -OCH3 is 2. The molecule has 0 fully saturated rings. The second-order valence-electron chi connectivity index (χ2n) is 6.66. The summed E-state index contributed by atoms with van der Waals surface area (Å²) in [7, 11) is 0.355. The summed E-state index contributed by atoms with van der Waals surface area (Å²) in [4.78, 5) is 12.7. The van der Waals surface area contributed by atoms with Crippen LogP contribution in [-0.2, 0) is 21.2 Å². The molecule has 1 heterocycles. The van der Waals surface area contributed by atoms with Gasteiger partial charge in [-0.1, -0.05) is 19.1 Å². The molecule has 7 nitrogen and oxygen atoms in total. The highest BCUT2D eigenvalue weighted by Gasteiger charge is 2.38. The van der Waals surface area contributed by atoms with E-state index in [1.54, 1.807) is 31.2 Å². The number of benzene rings is 2. The SMILES string of the molecule is CCc1ccc(NC(=O)C2=C(C)c3cc(OC)c(OC)cc3N(C)S2(=O)=O)cc1. The quantitative estimate of drug-likeness (QED) is 0.807. The van der Waals surface area contributed by atoms with Crippen LogP contribution in [0.25, 0.3) is 5.57 Å². The number of ether oxygens (including phenoxy) is 2. The van der Waals surface area contributed by atoms with Gasteiger partial charge in [-0.15, -0.1) is 0 Å². The Morgan fingerprint density at radius 3 is 2.21 bits per heavy atom. The molecule has 0 saturated heterocycles. The van der Waals surface area contributed by atoms with Crippen LogP contribution in [0.4, 0.5) is 11.4 Å². The molecule has 154 valence electrons. The number of sulfonamides is 1. The molecule has 0 radical (unpaired) electrons. The number of allylic oxidation sites excluding steroid dienone is 1. The molecule has 1 aliphatic rings. The Hall–Kier alpha value is -3.00. The van der Waals surface area contributed by atoms with Crippen LogP contribution in [0.1, 0.15) is 25.0 Å². The van der Waals surface area contributed by atoms with E-state index in [1.807, 2.05) is 19.1 Å². The van der Waals surface area contributed by atoms with Crippen LogP contribution in [0.15, 0.2) is 41.3 Å². The molecule has 0 aliphatic carbocycles. The Morgan fingerprint density at radius 1 is 1.07 bits per heavy atom. The van der Waals surface area contributed by atoms with Gasteiger partial charge in [-0.3, -0.25) is 9.10 Å². The molecular weight excluding hydrogens is 392 g/mol. The van der Waals surface area contributed by atoms with Gasteiger partial charge in [-0.25, -0.2) is 8.42 Å². The van der Waals surface area contributed by atoms with Crippen molar-refractivity contribution in [3.8, 4) is 11.5 Å². The summed E-state index contributed by atoms with van der Waals surface area (Å²) < 4.78 is 37.9. The number of hydrogen-bond acceptors (Lipinski definition) is 5. The van der Waals surface area contributed by atoms with Gasteiger partial charge in [0.25, 0.3) is 15.9 Å². The van der Waals surface area contributed by atoms with Crippen LogP contribution in [0.2, 0.25) is 0 Å². The number of carbonyl (C=O) groups is 1. The van der Waals surface area contributed by atoms with E-state index in [9.17, 15) is 13.2 Å². The molecule has 0 atom stereocenters. The van der Waals surface area contributed by atoms with Crippen molar-refractivity contribution in [2.24, 2.45) is 0 Å². The third kappa shape index (κ3) is 3.55. The highest BCUT2D eigenvalue weighted by atomic mass is 32.2. The predicted octanol–water partition coefficient (Wildman–Crippen LogP) is 3.42. The van der Waals surface area contributed by atoms with Crippen LogP contribution in [-0.4, -0.2) is 35.6 Å². The van der Waals surface area contributed by atoms with Crippen molar-refractivity contribution in [1.29, 1.82) is 0 Å². The fraction of sp³-hybridized carbons (Fsp3) is 0.286. The molecule has 3 rings (SSSR count). The maximum Gasteiger partial charge on any atom is 0.269 e. The first-order chi connectivity index (χ1) is 13.7. The van der Waals surface area contributed by atoms with Gasteiger partial charge in [0.1, 0.15) is 0 Å². The van der Waals surface area contributed by atoms with Crippen LogP contribution < -0.4 is 19.1 Å². The molecule has 0 spiro atoms. The Bertz CT molecular complexity index is 1090. The second-order valence-corrected chi connectivity index (χ2v) is 8.56. The van der Waals surface area contributed by atoms with Gasteiger partial charge in [0.15, 0.2) is 16.4 Å². The number of hydrogen-bond donors (Lipinski definition) is 1. The Kier molecular flexibility index (Phi) is 5.57. The first-order valence-corrected chi connectivity index (χ1v) is 10.5. The molecule has 8 heteroatoms. The minimum Gasteiger partial charge on any atom is -0.493 e. The van der Waals surface area contributed by atoms with Gasteiger partial charge < -0.3 is 14.8 Å². The molecule has 1 amide bonds. The molecule has 29 heavy (non-hydrogen) atoms. The zero-order valence-electron chi connectivity index (χ0n) is 17.1. The number of anilines is 2. The smallest absolute Gasteiger partial charge is 0.269 e. The summed E-state index contributed by atoms with van der Waals surface area (Å²) in [6, 6.07) is 10.6. The molecular formula is C21H24N2O5S. The topological polar surface area (TPSA) is 84.9 Å². The van der Waals surface area contributed by atoms with Crippen molar-refractivity contribution in [1.82, 2.24) is 0 Å². The van der Waals surface area contributed by atoms with Crippen molar-refractivity contribution in [3.63, 3.8) is 0 Å². The minimum absolute atomic E-state index is 0.292. The van der Waals surface area contributed by atoms with Gasteiger partial charge in [-0.05, 0) is 42.7 Å². The lowest BCUT2D eigenvalue weighted by Crippen LogP contribution is -2.36. The summed E-state index contributed by atoms with van der Waals surface area (Å²) >= 11 is 0. The fourth-order valence-electron chi connectivity index (χ4n) is 3.31. The summed E-state index contributed by atoms with van der Waals surface area (Å²) in [5, 5.41) is 2.69. The van der Waals surface area contributed by atoms with Crippen molar-refractivity contribution in [2.45, 2.75) is 20.3 Å². The zero-order valence-corrected chi connectivity index (χ0v) is 17.9. The summed E-state index contributed by atoms with van der Waals surface area (Å²) in [6.45, 7) is 3.65. The molecule has 0 bridgehead atoms. The second kappa shape index (κ2) is 7.79. The number of carbonyl (C=O) groups excluding carboxylic acids is 1. The van der Waals surface area contributed by atoms with E-state index in [0.29, 0.717) is 34.0 Å². The maximum atomic E-state index is 13.1. The molecule has 0 unspecified atom stereocenters. The van der Waals surface area contributed by atoms with Gasteiger partial charge in [0.05, 0.1) is 19.9 Å². The van der Waals surface area contributed by atoms with Crippen molar-refractivity contribution in [2.75, 3.05) is 30.9 Å². The lowest BCUT2D eigenvalue weighted by molar-refractivity contribution is -0.112. The first kappa shape index (κ1) is 20.7. The van der Waals surface area contributed by atoms with E-state index in [1.165, 1.54) is 21.3 Å². The Labute approximate surface area is 171 Å². The molecule has 2 aromatic rings. The van der Waals surface area contributed by atoms with Crippen LogP contribution >= 0.6 is 0 Å². The summed E-state index contributed by atoms with van der Waals surface area (Å²) in [6.07, 6.45) is 0.875.